The van der Waals surface area contributed by atoms with E-state index in [0.29, 0.717) is 128 Å². The predicted octanol–water partition coefficient (Wildman–Crippen LogP) is 31.3. The molecule has 0 aliphatic carbocycles. The predicted molar refractivity (Wildman–Crippen MR) is 556 cm³/mol. The van der Waals surface area contributed by atoms with Crippen molar-refractivity contribution in [3.63, 3.8) is 0 Å². The summed E-state index contributed by atoms with van der Waals surface area (Å²) in [6.07, 6.45) is 63.3. The van der Waals surface area contributed by atoms with Crippen molar-refractivity contribution in [2.45, 2.75) is 209 Å². The highest BCUT2D eigenvalue weighted by molar-refractivity contribution is 5.88. The monoisotopic (exact) mass is 1800 g/mol. The van der Waals surface area contributed by atoms with Crippen LogP contribution in [0.25, 0.3) is 97.2 Å². The maximum atomic E-state index is 6.81. The van der Waals surface area contributed by atoms with Gasteiger partial charge in [0, 0.05) is 89.0 Å². The van der Waals surface area contributed by atoms with Gasteiger partial charge in [0.15, 0.2) is 0 Å². The minimum Gasteiger partial charge on any atom is -0.496 e. The summed E-state index contributed by atoms with van der Waals surface area (Å²) in [7, 11) is 13.5. The molecule has 0 heterocycles. The zero-order chi connectivity index (χ0) is 94.5. The lowest BCUT2D eigenvalue weighted by atomic mass is 10.0. The quantitative estimate of drug-likeness (QED) is 0.0202. The Bertz CT molecular complexity index is 5130. The summed E-state index contributed by atoms with van der Waals surface area (Å²) in [5, 5.41) is 0. The number of ether oxygens (including phenoxy) is 16. The van der Waals surface area contributed by atoms with Crippen LogP contribution < -0.4 is 75.8 Å². The van der Waals surface area contributed by atoms with Gasteiger partial charge in [-0.15, -0.1) is 0 Å². The first kappa shape index (κ1) is 105. The molecule has 16 nitrogen and oxygen atoms in total. The Balaban J connectivity index is 1.11. The van der Waals surface area contributed by atoms with Crippen LogP contribution in [0.15, 0.2) is 122 Å². The number of methoxy groups -OCH3 is 8. The number of unbranched alkanes of at least 4 members (excludes halogenated alkanes) is 20. The van der Waals surface area contributed by atoms with Gasteiger partial charge in [-0.3, -0.25) is 0 Å². The van der Waals surface area contributed by atoms with Crippen molar-refractivity contribution in [1.82, 2.24) is 0 Å². The number of rotatable bonds is 65. The first-order valence-electron chi connectivity index (χ1n) is 48.2. The molecule has 132 heavy (non-hydrogen) atoms. The normalized spacial score (nSPS) is 11.7. The van der Waals surface area contributed by atoms with E-state index in [4.69, 9.17) is 75.8 Å². The SMILES string of the molecule is C=C/C=C/c1cc(OCC)c(/C=C/c2cc(OCCCCCCCC)c(/C=C/c3cc(OCC)c(/C=C/c4cc(OCCCCCCCC)c(/C=C/c5cc(OCC)c(/C=C/c6cc(OCCCCCCCC)c(/C=C/c7cc(OCC)c(/C=C/c8cc(OCCCCCCCC)c(C=C)cc8OC)cc7OC)cc6OC)cc5OC)cc4OC)cc3OC)cc2OC)cc1OC. The molecular weight excluding hydrogens is 1650 g/mol. The molecule has 0 unspecified atom stereocenters. The molecule has 0 saturated heterocycles. The second-order valence-corrected chi connectivity index (χ2v) is 32.4. The first-order chi connectivity index (χ1) is 64.7. The van der Waals surface area contributed by atoms with Gasteiger partial charge < -0.3 is 75.8 Å². The van der Waals surface area contributed by atoms with Crippen molar-refractivity contribution in [3.8, 4) is 92.0 Å². The van der Waals surface area contributed by atoms with Crippen LogP contribution in [0.3, 0.4) is 0 Å². The standard InChI is InChI=1S/C116H150O16/c1-19-29-34-38-42-46-65-129-109-78-87(101(117-11)69-85(109)24-6)51-58-95-71-103(119-13)88(79-111(95)126-26-8)55-62-99-75-107(123-17)92(83-115(99)131-67-48-44-40-36-31-21-3)53-60-97-73-105(121-15)90(81-113(97)128-28-10)57-64-100-76-108(124-18)93(84-116(100)132-68-49-45-41-37-32-22-4)54-61-96-72-104(120-14)89(80-112(96)127-27-9)56-63-98-74-106(122-16)91(82-114(98)130-66-47-43-39-35-30-20-2)52-59-94-70-102(118-12)86(50-33-23-5)77-110(94)125-25-7/h23-24,33,50-64,69-84H,5-6,19-22,25-32,34-49,65-68H2,1-4,7-18H3/b50-33+,58-51+,59-52+,60-53+,61-54+,62-55+,63-56+,64-57+. The second-order valence-electron chi connectivity index (χ2n) is 32.4. The van der Waals surface area contributed by atoms with Crippen molar-refractivity contribution in [2.24, 2.45) is 0 Å². The Kier molecular flexibility index (Phi) is 48.0. The average Bonchev–Trinajstić information content (AvgIpc) is 0.805. The van der Waals surface area contributed by atoms with Crippen LogP contribution in [0.1, 0.15) is 299 Å². The van der Waals surface area contributed by atoms with Crippen molar-refractivity contribution in [3.05, 3.63) is 211 Å². The Labute approximate surface area is 791 Å². The molecule has 0 aromatic heterocycles. The second kappa shape index (κ2) is 60.1. The summed E-state index contributed by atoms with van der Waals surface area (Å²) in [5.74, 6) is 11.0. The van der Waals surface area contributed by atoms with Crippen LogP contribution in [-0.2, 0) is 0 Å². The van der Waals surface area contributed by atoms with Crippen LogP contribution in [-0.4, -0.2) is 110 Å². The van der Waals surface area contributed by atoms with Gasteiger partial charge in [0.2, 0.25) is 0 Å². The van der Waals surface area contributed by atoms with Gasteiger partial charge in [-0.05, 0) is 150 Å². The van der Waals surface area contributed by atoms with Crippen LogP contribution in [0.5, 0.6) is 92.0 Å². The molecule has 0 atom stereocenters. The molecule has 0 fully saturated rings. The Morgan fingerprint density at radius 3 is 0.485 bits per heavy atom. The van der Waals surface area contributed by atoms with E-state index in [1.54, 1.807) is 63.0 Å². The van der Waals surface area contributed by atoms with E-state index in [0.717, 1.165) is 170 Å². The third-order valence-corrected chi connectivity index (χ3v) is 22.8. The molecule has 0 aliphatic heterocycles. The van der Waals surface area contributed by atoms with E-state index in [1.165, 1.54) is 89.9 Å². The van der Waals surface area contributed by atoms with E-state index in [9.17, 15) is 0 Å². The summed E-state index contributed by atoms with van der Waals surface area (Å²) in [6, 6.07) is 32.3. The van der Waals surface area contributed by atoms with Gasteiger partial charge >= 0.3 is 0 Å². The lowest BCUT2D eigenvalue weighted by Crippen LogP contribution is -2.01. The van der Waals surface area contributed by atoms with Gasteiger partial charge in [-0.1, -0.05) is 279 Å². The topological polar surface area (TPSA) is 148 Å². The molecule has 16 heteroatoms. The molecule has 0 spiro atoms. The number of allylic oxidation sites excluding steroid dienone is 2. The van der Waals surface area contributed by atoms with E-state index in [1.807, 2.05) is 210 Å². The van der Waals surface area contributed by atoms with E-state index >= 15 is 0 Å². The molecular formula is C116H150O16. The minimum atomic E-state index is 0.425. The summed E-state index contributed by atoms with van der Waals surface area (Å²) in [4.78, 5) is 0. The lowest BCUT2D eigenvalue weighted by Gasteiger charge is -2.16. The lowest BCUT2D eigenvalue weighted by molar-refractivity contribution is 0.303. The average molecular weight is 1800 g/mol. The largest absolute Gasteiger partial charge is 0.496 e. The van der Waals surface area contributed by atoms with Crippen molar-refractivity contribution < 1.29 is 75.8 Å². The van der Waals surface area contributed by atoms with Crippen LogP contribution in [0, 0.1) is 0 Å². The number of benzene rings is 8. The molecule has 0 aliphatic rings. The highest BCUT2D eigenvalue weighted by Gasteiger charge is 2.21. The maximum absolute atomic E-state index is 6.81. The fraction of sp³-hybridized carbons (Fsp3) is 0.414. The Morgan fingerprint density at radius 1 is 0.174 bits per heavy atom. The number of hydrogen-bond acceptors (Lipinski definition) is 16. The molecule has 0 bridgehead atoms. The zero-order valence-electron chi connectivity index (χ0n) is 82.2. The fourth-order valence-corrected chi connectivity index (χ4v) is 15.6. The molecule has 0 N–H and O–H groups in total. The third-order valence-electron chi connectivity index (χ3n) is 22.8. The van der Waals surface area contributed by atoms with Crippen LogP contribution in [0.2, 0.25) is 0 Å². The zero-order valence-corrected chi connectivity index (χ0v) is 82.2. The van der Waals surface area contributed by atoms with Gasteiger partial charge in [0.05, 0.1) is 110 Å². The summed E-state index contributed by atoms with van der Waals surface area (Å²) < 4.78 is 101. The number of hydrogen-bond donors (Lipinski definition) is 0. The minimum absolute atomic E-state index is 0.425. The van der Waals surface area contributed by atoms with Crippen LogP contribution in [0.4, 0.5) is 0 Å². The highest BCUT2D eigenvalue weighted by atomic mass is 16.5. The first-order valence-corrected chi connectivity index (χ1v) is 48.2. The molecule has 710 valence electrons. The van der Waals surface area contributed by atoms with Crippen molar-refractivity contribution >= 4 is 97.2 Å². The van der Waals surface area contributed by atoms with Gasteiger partial charge in [-0.2, -0.15) is 0 Å². The molecule has 8 aromatic carbocycles. The van der Waals surface area contributed by atoms with Gasteiger partial charge in [0.1, 0.15) is 92.0 Å². The van der Waals surface area contributed by atoms with Gasteiger partial charge in [-0.25, -0.2) is 0 Å². The van der Waals surface area contributed by atoms with Crippen molar-refractivity contribution in [1.29, 1.82) is 0 Å². The molecule has 8 aromatic rings. The molecule has 0 amide bonds. The van der Waals surface area contributed by atoms with Gasteiger partial charge in [0.25, 0.3) is 0 Å². The molecule has 8 rings (SSSR count). The molecule has 0 radical (unpaired) electrons. The van der Waals surface area contributed by atoms with Crippen molar-refractivity contribution in [2.75, 3.05) is 110 Å². The highest BCUT2D eigenvalue weighted by Crippen LogP contribution is 2.43. The third kappa shape index (κ3) is 33.1. The van der Waals surface area contributed by atoms with E-state index in [2.05, 4.69) is 59.1 Å². The Hall–Kier alpha value is -12.0. The van der Waals surface area contributed by atoms with Crippen LogP contribution >= 0.6 is 0 Å². The Morgan fingerprint density at radius 2 is 0.318 bits per heavy atom. The smallest absolute Gasteiger partial charge is 0.127 e. The summed E-state index contributed by atoms with van der Waals surface area (Å²) in [6.45, 7) is 28.9. The van der Waals surface area contributed by atoms with E-state index in [-0.39, 0.29) is 0 Å². The fourth-order valence-electron chi connectivity index (χ4n) is 15.6. The van der Waals surface area contributed by atoms with E-state index < -0.39 is 0 Å². The summed E-state index contributed by atoms with van der Waals surface area (Å²) in [5.41, 5.74) is 13.3. The maximum Gasteiger partial charge on any atom is 0.127 e. The molecule has 0 saturated carbocycles. The summed E-state index contributed by atoms with van der Waals surface area (Å²) >= 11 is 0.